The van der Waals surface area contributed by atoms with E-state index in [1.54, 1.807) is 24.5 Å². The number of hydrogen-bond acceptors (Lipinski definition) is 3. The smallest absolute Gasteiger partial charge is 0.247 e. The molecule has 3 rings (SSSR count). The lowest BCUT2D eigenvalue weighted by atomic mass is 10.0. The molecule has 0 N–H and O–H groups in total. The number of carbonyl (C=O) groups is 1. The fourth-order valence-corrected chi connectivity index (χ4v) is 2.45. The van der Waals surface area contributed by atoms with Crippen LogP contribution in [-0.2, 0) is 9.53 Å². The third kappa shape index (κ3) is 3.23. The minimum atomic E-state index is -0.0336. The monoisotopic (exact) mass is 283 g/mol. The molecule has 0 aliphatic carbocycles. The van der Waals surface area contributed by atoms with E-state index in [9.17, 15) is 4.79 Å². The molecule has 21 heavy (non-hydrogen) atoms. The third-order valence-corrected chi connectivity index (χ3v) is 3.53. The number of ether oxygens (including phenoxy) is 1. The van der Waals surface area contributed by atoms with E-state index < -0.39 is 0 Å². The van der Waals surface area contributed by atoms with Crippen molar-refractivity contribution in [2.75, 3.05) is 19.8 Å². The number of carbonyl (C=O) groups excluding carboxylic acids is 1. The molecule has 1 amide bonds. The number of amides is 1. The molecule has 0 unspecified atom stereocenters. The highest BCUT2D eigenvalue weighted by Gasteiger charge is 2.27. The van der Waals surface area contributed by atoms with Gasteiger partial charge in [-0.15, -0.1) is 0 Å². The van der Waals surface area contributed by atoms with Crippen molar-refractivity contribution in [3.05, 3.63) is 66.1 Å². The summed E-state index contributed by atoms with van der Waals surface area (Å²) in [6.45, 7) is 1.70. The van der Waals surface area contributed by atoms with Crippen LogP contribution in [-0.4, -0.2) is 30.6 Å². The van der Waals surface area contributed by atoms with Gasteiger partial charge in [-0.1, -0.05) is 30.3 Å². The highest BCUT2D eigenvalue weighted by molar-refractivity contribution is 5.91. The molecule has 1 aliphatic rings. The van der Waals surface area contributed by atoms with E-state index in [0.29, 0.717) is 25.5 Å². The van der Waals surface area contributed by atoms with Crippen LogP contribution < -0.4 is 0 Å². The quantitative estimate of drug-likeness (QED) is 0.813. The number of benzene rings is 1. The van der Waals surface area contributed by atoms with Gasteiger partial charge >= 0.3 is 0 Å². The molecule has 4 nitrogen and oxygen atoms in total. The van der Waals surface area contributed by atoms with Gasteiger partial charge in [0.05, 0.1) is 25.5 Å². The fraction of sp³-hybridized carbons (Fsp3) is 0.235. The fourth-order valence-electron chi connectivity index (χ4n) is 2.45. The van der Waals surface area contributed by atoms with E-state index in [-0.39, 0.29) is 11.9 Å². The lowest BCUT2D eigenvalue weighted by molar-refractivity contribution is -0.134. The molecule has 1 saturated heterocycles. The van der Waals surface area contributed by atoms with Crippen molar-refractivity contribution >= 4 is 12.0 Å². The molecular formula is C17H17NO3. The number of rotatable bonds is 3. The van der Waals surface area contributed by atoms with Crippen LogP contribution in [0.5, 0.6) is 0 Å². The summed E-state index contributed by atoms with van der Waals surface area (Å²) in [5.74, 6) is 0.649. The molecule has 0 bridgehead atoms. The first-order valence-electron chi connectivity index (χ1n) is 6.99. The van der Waals surface area contributed by atoms with Crippen LogP contribution >= 0.6 is 0 Å². The van der Waals surface area contributed by atoms with E-state index in [2.05, 4.69) is 0 Å². The van der Waals surface area contributed by atoms with Crippen molar-refractivity contribution < 1.29 is 13.9 Å². The lowest BCUT2D eigenvalue weighted by Crippen LogP contribution is -2.42. The molecule has 1 fully saturated rings. The molecule has 2 aromatic rings. The van der Waals surface area contributed by atoms with Gasteiger partial charge in [0.25, 0.3) is 0 Å². The zero-order valence-corrected chi connectivity index (χ0v) is 11.6. The Morgan fingerprint density at radius 1 is 1.19 bits per heavy atom. The molecule has 1 aromatic heterocycles. The predicted molar refractivity (Wildman–Crippen MR) is 79.5 cm³/mol. The summed E-state index contributed by atoms with van der Waals surface area (Å²) in [4.78, 5) is 14.3. The highest BCUT2D eigenvalue weighted by atomic mass is 16.5. The SMILES string of the molecule is O=C(/C=C\c1ccco1)N1CCOC[C@H]1c1ccccc1. The van der Waals surface area contributed by atoms with E-state index in [1.807, 2.05) is 41.3 Å². The maximum absolute atomic E-state index is 12.4. The maximum atomic E-state index is 12.4. The van der Waals surface area contributed by atoms with Crippen LogP contribution in [0.3, 0.4) is 0 Å². The average molecular weight is 283 g/mol. The van der Waals surface area contributed by atoms with Crippen LogP contribution in [0.1, 0.15) is 17.4 Å². The first-order chi connectivity index (χ1) is 10.3. The molecule has 0 saturated carbocycles. The summed E-state index contributed by atoms with van der Waals surface area (Å²) in [6.07, 6.45) is 4.84. The third-order valence-electron chi connectivity index (χ3n) is 3.53. The second kappa shape index (κ2) is 6.41. The van der Waals surface area contributed by atoms with Gasteiger partial charge in [-0.3, -0.25) is 4.79 Å². The second-order valence-corrected chi connectivity index (χ2v) is 4.88. The van der Waals surface area contributed by atoms with Gasteiger partial charge in [-0.2, -0.15) is 0 Å². The van der Waals surface area contributed by atoms with Gasteiger partial charge in [-0.25, -0.2) is 0 Å². The predicted octanol–water partition coefficient (Wildman–Crippen LogP) is 2.89. The van der Waals surface area contributed by atoms with Gasteiger partial charge in [-0.05, 0) is 23.8 Å². The van der Waals surface area contributed by atoms with Crippen molar-refractivity contribution in [1.29, 1.82) is 0 Å². The molecule has 1 aromatic carbocycles. The Bertz CT molecular complexity index is 604. The molecular weight excluding hydrogens is 266 g/mol. The van der Waals surface area contributed by atoms with Crippen LogP contribution in [0, 0.1) is 0 Å². The number of morpholine rings is 1. The van der Waals surface area contributed by atoms with E-state index in [1.165, 1.54) is 0 Å². The maximum Gasteiger partial charge on any atom is 0.247 e. The van der Waals surface area contributed by atoms with Gasteiger partial charge in [0.1, 0.15) is 5.76 Å². The van der Waals surface area contributed by atoms with Gasteiger partial charge in [0.15, 0.2) is 0 Å². The normalized spacial score (nSPS) is 19.0. The Kier molecular flexibility index (Phi) is 4.17. The van der Waals surface area contributed by atoms with E-state index in [0.717, 1.165) is 5.56 Å². The molecule has 0 spiro atoms. The van der Waals surface area contributed by atoms with Crippen LogP contribution in [0.4, 0.5) is 0 Å². The van der Waals surface area contributed by atoms with Crippen molar-refractivity contribution in [3.63, 3.8) is 0 Å². The first kappa shape index (κ1) is 13.6. The Morgan fingerprint density at radius 2 is 2.05 bits per heavy atom. The summed E-state index contributed by atoms with van der Waals surface area (Å²) in [5.41, 5.74) is 1.09. The Labute approximate surface area is 123 Å². The summed E-state index contributed by atoms with van der Waals surface area (Å²) >= 11 is 0. The summed E-state index contributed by atoms with van der Waals surface area (Å²) in [5, 5.41) is 0. The zero-order valence-electron chi connectivity index (χ0n) is 11.6. The minimum absolute atomic E-state index is 0.0245. The lowest BCUT2D eigenvalue weighted by Gasteiger charge is -2.35. The molecule has 0 radical (unpaired) electrons. The zero-order chi connectivity index (χ0) is 14.5. The molecule has 108 valence electrons. The van der Waals surface area contributed by atoms with Crippen molar-refractivity contribution in [2.24, 2.45) is 0 Å². The average Bonchev–Trinajstić information content (AvgIpc) is 3.07. The molecule has 1 atom stereocenters. The highest BCUT2D eigenvalue weighted by Crippen LogP contribution is 2.24. The Morgan fingerprint density at radius 3 is 2.81 bits per heavy atom. The molecule has 4 heteroatoms. The largest absolute Gasteiger partial charge is 0.465 e. The van der Waals surface area contributed by atoms with Gasteiger partial charge in [0, 0.05) is 12.6 Å². The van der Waals surface area contributed by atoms with Crippen LogP contribution in [0.25, 0.3) is 6.08 Å². The Hall–Kier alpha value is -2.33. The van der Waals surface area contributed by atoms with E-state index in [4.69, 9.17) is 9.15 Å². The van der Waals surface area contributed by atoms with Crippen molar-refractivity contribution in [1.82, 2.24) is 4.90 Å². The summed E-state index contributed by atoms with van der Waals surface area (Å²) in [7, 11) is 0. The molecule has 1 aliphatic heterocycles. The summed E-state index contributed by atoms with van der Waals surface area (Å²) in [6, 6.07) is 13.6. The first-order valence-corrected chi connectivity index (χ1v) is 6.99. The van der Waals surface area contributed by atoms with Gasteiger partial charge < -0.3 is 14.1 Å². The number of hydrogen-bond donors (Lipinski definition) is 0. The standard InChI is InChI=1S/C17H17NO3/c19-17(9-8-15-7-4-11-21-15)18-10-12-20-13-16(18)14-5-2-1-3-6-14/h1-9,11,16H,10,12-13H2/b9-8-/t16-/m0/s1. The van der Waals surface area contributed by atoms with Crippen LogP contribution in [0.2, 0.25) is 0 Å². The van der Waals surface area contributed by atoms with Crippen molar-refractivity contribution in [3.8, 4) is 0 Å². The number of furan rings is 1. The minimum Gasteiger partial charge on any atom is -0.465 e. The van der Waals surface area contributed by atoms with Crippen LogP contribution in [0.15, 0.2) is 59.2 Å². The van der Waals surface area contributed by atoms with Crippen molar-refractivity contribution in [2.45, 2.75) is 6.04 Å². The second-order valence-electron chi connectivity index (χ2n) is 4.88. The van der Waals surface area contributed by atoms with Gasteiger partial charge in [0.2, 0.25) is 5.91 Å². The number of nitrogens with zero attached hydrogens (tertiary/aromatic N) is 1. The summed E-state index contributed by atoms with van der Waals surface area (Å²) < 4.78 is 10.7. The Balaban J connectivity index is 1.76. The molecule has 2 heterocycles. The topological polar surface area (TPSA) is 42.7 Å². The van der Waals surface area contributed by atoms with E-state index >= 15 is 0 Å².